The standard InChI is InChI=1S/C16H16ClN3OS/c1-2-3-4-8-20-9-7-11-13(18-16(17)19-15(11)20)14(21)12-6-5-10-22-12/h5-7,9-10H,2-4,8H2,1H3. The zero-order valence-corrected chi connectivity index (χ0v) is 13.8. The molecule has 0 aromatic carbocycles. The number of unbranched alkanes of at least 4 members (excludes halogenated alkanes) is 2. The Hall–Kier alpha value is -1.72. The second-order valence-corrected chi connectivity index (χ2v) is 6.39. The van der Waals surface area contributed by atoms with Crippen LogP contribution < -0.4 is 0 Å². The third-order valence-electron chi connectivity index (χ3n) is 3.55. The Morgan fingerprint density at radius 1 is 1.32 bits per heavy atom. The van der Waals surface area contributed by atoms with E-state index < -0.39 is 0 Å². The van der Waals surface area contributed by atoms with Gasteiger partial charge in [0.15, 0.2) is 0 Å². The van der Waals surface area contributed by atoms with Gasteiger partial charge in [0, 0.05) is 18.1 Å². The van der Waals surface area contributed by atoms with Gasteiger partial charge in [-0.1, -0.05) is 25.8 Å². The first-order valence-electron chi connectivity index (χ1n) is 7.31. The molecular formula is C16H16ClN3OS. The summed E-state index contributed by atoms with van der Waals surface area (Å²) in [6.07, 6.45) is 5.36. The van der Waals surface area contributed by atoms with E-state index in [1.807, 2.05) is 28.3 Å². The lowest BCUT2D eigenvalue weighted by Gasteiger charge is -2.06. The Bertz CT molecular complexity index is 795. The summed E-state index contributed by atoms with van der Waals surface area (Å²) in [7, 11) is 0. The molecule has 22 heavy (non-hydrogen) atoms. The molecule has 0 aliphatic rings. The molecule has 0 N–H and O–H groups in total. The van der Waals surface area contributed by atoms with Crippen molar-refractivity contribution in [1.29, 1.82) is 0 Å². The number of fused-ring (bicyclic) bond motifs is 1. The molecule has 114 valence electrons. The Morgan fingerprint density at radius 2 is 2.18 bits per heavy atom. The highest BCUT2D eigenvalue weighted by Gasteiger charge is 2.19. The number of carbonyl (C=O) groups is 1. The van der Waals surface area contributed by atoms with Crippen molar-refractivity contribution in [2.24, 2.45) is 0 Å². The van der Waals surface area contributed by atoms with Gasteiger partial charge in [0.25, 0.3) is 0 Å². The minimum Gasteiger partial charge on any atom is -0.332 e. The van der Waals surface area contributed by atoms with Crippen molar-refractivity contribution >= 4 is 39.8 Å². The molecule has 0 fully saturated rings. The van der Waals surface area contributed by atoms with Crippen LogP contribution in [-0.4, -0.2) is 20.3 Å². The van der Waals surface area contributed by atoms with Gasteiger partial charge in [-0.25, -0.2) is 4.98 Å². The predicted octanol–water partition coefficient (Wildman–Crippen LogP) is 4.57. The summed E-state index contributed by atoms with van der Waals surface area (Å²) in [6, 6.07) is 5.55. The van der Waals surface area contributed by atoms with Crippen molar-refractivity contribution < 1.29 is 4.79 Å². The van der Waals surface area contributed by atoms with Crippen molar-refractivity contribution in [3.63, 3.8) is 0 Å². The first kappa shape index (κ1) is 15.2. The second kappa shape index (κ2) is 6.58. The third-order valence-corrected chi connectivity index (χ3v) is 4.59. The number of thiophene rings is 1. The minimum atomic E-state index is -0.101. The van der Waals surface area contributed by atoms with E-state index in [1.165, 1.54) is 17.8 Å². The summed E-state index contributed by atoms with van der Waals surface area (Å²) in [5.74, 6) is -0.101. The lowest BCUT2D eigenvalue weighted by Crippen LogP contribution is -2.06. The molecule has 0 bridgehead atoms. The Morgan fingerprint density at radius 3 is 2.91 bits per heavy atom. The summed E-state index contributed by atoms with van der Waals surface area (Å²) in [5, 5.41) is 2.76. The van der Waals surface area contributed by atoms with Crippen LogP contribution in [0.15, 0.2) is 29.8 Å². The van der Waals surface area contributed by atoms with Gasteiger partial charge in [0.1, 0.15) is 11.3 Å². The number of aromatic nitrogens is 3. The fourth-order valence-corrected chi connectivity index (χ4v) is 3.28. The summed E-state index contributed by atoms with van der Waals surface area (Å²) in [6.45, 7) is 3.04. The van der Waals surface area contributed by atoms with Crippen LogP contribution in [0.3, 0.4) is 0 Å². The molecule has 0 aliphatic heterocycles. The van der Waals surface area contributed by atoms with Gasteiger partial charge < -0.3 is 4.57 Å². The first-order chi connectivity index (χ1) is 10.7. The Balaban J connectivity index is 2.02. The molecule has 0 saturated carbocycles. The van der Waals surface area contributed by atoms with Crippen molar-refractivity contribution in [2.45, 2.75) is 32.7 Å². The summed E-state index contributed by atoms with van der Waals surface area (Å²) in [4.78, 5) is 21.7. The lowest BCUT2D eigenvalue weighted by molar-refractivity contribution is 0.103. The number of hydrogen-bond acceptors (Lipinski definition) is 4. The van der Waals surface area contributed by atoms with Gasteiger partial charge in [-0.05, 0) is 35.5 Å². The molecule has 3 aromatic heterocycles. The van der Waals surface area contributed by atoms with E-state index in [0.717, 1.165) is 30.4 Å². The van der Waals surface area contributed by atoms with Crippen molar-refractivity contribution in [3.8, 4) is 0 Å². The first-order valence-corrected chi connectivity index (χ1v) is 8.57. The zero-order valence-electron chi connectivity index (χ0n) is 12.3. The van der Waals surface area contributed by atoms with Crippen molar-refractivity contribution in [3.05, 3.63) is 45.6 Å². The SMILES string of the molecule is CCCCCn1ccc2c(C(=O)c3cccs3)nc(Cl)nc21. The maximum absolute atomic E-state index is 12.6. The maximum atomic E-state index is 12.6. The molecule has 3 rings (SSSR count). The predicted molar refractivity (Wildman–Crippen MR) is 89.8 cm³/mol. The highest BCUT2D eigenvalue weighted by molar-refractivity contribution is 7.12. The monoisotopic (exact) mass is 333 g/mol. The molecule has 4 nitrogen and oxygen atoms in total. The van der Waals surface area contributed by atoms with E-state index >= 15 is 0 Å². The fraction of sp³-hybridized carbons (Fsp3) is 0.312. The van der Waals surface area contributed by atoms with E-state index in [2.05, 4.69) is 16.9 Å². The van der Waals surface area contributed by atoms with Gasteiger partial charge in [0.05, 0.1) is 4.88 Å². The number of aryl methyl sites for hydroxylation is 1. The number of carbonyl (C=O) groups excluding carboxylic acids is 1. The molecule has 6 heteroatoms. The minimum absolute atomic E-state index is 0.101. The van der Waals surface area contributed by atoms with E-state index in [9.17, 15) is 4.79 Å². The van der Waals surface area contributed by atoms with Crippen LogP contribution in [0.4, 0.5) is 0 Å². The van der Waals surface area contributed by atoms with E-state index in [-0.39, 0.29) is 11.1 Å². The maximum Gasteiger partial charge on any atom is 0.225 e. The number of ketones is 1. The van der Waals surface area contributed by atoms with E-state index in [1.54, 1.807) is 6.07 Å². The topological polar surface area (TPSA) is 47.8 Å². The molecule has 0 atom stereocenters. The zero-order chi connectivity index (χ0) is 15.5. The smallest absolute Gasteiger partial charge is 0.225 e. The van der Waals surface area contributed by atoms with Crippen molar-refractivity contribution in [2.75, 3.05) is 0 Å². The highest BCUT2D eigenvalue weighted by Crippen LogP contribution is 2.23. The van der Waals surface area contributed by atoms with Crippen molar-refractivity contribution in [1.82, 2.24) is 14.5 Å². The molecule has 0 amide bonds. The van der Waals surface area contributed by atoms with Gasteiger partial charge in [-0.3, -0.25) is 4.79 Å². The normalized spacial score (nSPS) is 11.2. The number of hydrogen-bond donors (Lipinski definition) is 0. The molecule has 0 spiro atoms. The molecule has 3 heterocycles. The van der Waals surface area contributed by atoms with Crippen LogP contribution in [0, 0.1) is 0 Å². The quantitative estimate of drug-likeness (QED) is 0.377. The van der Waals surface area contributed by atoms with Crippen LogP contribution in [-0.2, 0) is 6.54 Å². The molecule has 0 aliphatic carbocycles. The second-order valence-electron chi connectivity index (χ2n) is 5.10. The third kappa shape index (κ3) is 2.91. The fourth-order valence-electron chi connectivity index (χ4n) is 2.45. The number of rotatable bonds is 6. The number of halogens is 1. The molecule has 3 aromatic rings. The van der Waals surface area contributed by atoms with Gasteiger partial charge in [-0.2, -0.15) is 4.98 Å². The largest absolute Gasteiger partial charge is 0.332 e. The van der Waals surface area contributed by atoms with Crippen LogP contribution in [0.25, 0.3) is 11.0 Å². The van der Waals surface area contributed by atoms with Crippen LogP contribution >= 0.6 is 22.9 Å². The molecular weight excluding hydrogens is 318 g/mol. The number of nitrogens with zero attached hydrogens (tertiary/aromatic N) is 3. The van der Waals surface area contributed by atoms with Crippen LogP contribution in [0.2, 0.25) is 5.28 Å². The van der Waals surface area contributed by atoms with Crippen LogP contribution in [0.1, 0.15) is 41.6 Å². The van der Waals surface area contributed by atoms with Gasteiger partial charge >= 0.3 is 0 Å². The highest BCUT2D eigenvalue weighted by atomic mass is 35.5. The summed E-state index contributed by atoms with van der Waals surface area (Å²) in [5.41, 5.74) is 1.11. The lowest BCUT2D eigenvalue weighted by atomic mass is 10.2. The summed E-state index contributed by atoms with van der Waals surface area (Å²) >= 11 is 7.44. The average Bonchev–Trinajstić information content (AvgIpc) is 3.16. The summed E-state index contributed by atoms with van der Waals surface area (Å²) < 4.78 is 2.05. The Kier molecular flexibility index (Phi) is 4.55. The van der Waals surface area contributed by atoms with Gasteiger partial charge in [0.2, 0.25) is 11.1 Å². The van der Waals surface area contributed by atoms with Crippen LogP contribution in [0.5, 0.6) is 0 Å². The molecule has 0 unspecified atom stereocenters. The molecule has 0 radical (unpaired) electrons. The van der Waals surface area contributed by atoms with E-state index in [0.29, 0.717) is 10.6 Å². The molecule has 0 saturated heterocycles. The van der Waals surface area contributed by atoms with Gasteiger partial charge in [-0.15, -0.1) is 11.3 Å². The van der Waals surface area contributed by atoms with E-state index in [4.69, 9.17) is 11.6 Å². The Labute approximate surface area is 137 Å². The average molecular weight is 334 g/mol.